The van der Waals surface area contributed by atoms with Crippen LogP contribution in [0.5, 0.6) is 0 Å². The SMILES string of the molecule is C=C(C)c1cc(NC)ccc1CCCC. The number of hydrogen-bond donors (Lipinski definition) is 1. The fourth-order valence-corrected chi connectivity index (χ4v) is 1.71. The van der Waals surface area contributed by atoms with Crippen molar-refractivity contribution in [1.29, 1.82) is 0 Å². The highest BCUT2D eigenvalue weighted by atomic mass is 14.8. The Morgan fingerprint density at radius 1 is 1.40 bits per heavy atom. The van der Waals surface area contributed by atoms with Gasteiger partial charge in [0, 0.05) is 12.7 Å². The van der Waals surface area contributed by atoms with Crippen LogP contribution in [0.2, 0.25) is 0 Å². The zero-order valence-electron chi connectivity index (χ0n) is 10.1. The molecule has 0 radical (unpaired) electrons. The predicted molar refractivity (Wildman–Crippen MR) is 69.3 cm³/mol. The van der Waals surface area contributed by atoms with Crippen LogP contribution in [0.3, 0.4) is 0 Å². The van der Waals surface area contributed by atoms with Crippen LogP contribution in [0, 0.1) is 0 Å². The first kappa shape index (κ1) is 11.8. The largest absolute Gasteiger partial charge is 0.388 e. The van der Waals surface area contributed by atoms with Gasteiger partial charge >= 0.3 is 0 Å². The Bertz CT molecular complexity index is 339. The molecule has 0 aliphatic heterocycles. The number of rotatable bonds is 5. The molecule has 15 heavy (non-hydrogen) atoms. The van der Waals surface area contributed by atoms with Crippen molar-refractivity contribution in [3.63, 3.8) is 0 Å². The summed E-state index contributed by atoms with van der Waals surface area (Å²) < 4.78 is 0. The summed E-state index contributed by atoms with van der Waals surface area (Å²) in [5, 5.41) is 3.16. The van der Waals surface area contributed by atoms with Gasteiger partial charge in [0.15, 0.2) is 0 Å². The topological polar surface area (TPSA) is 12.0 Å². The zero-order chi connectivity index (χ0) is 11.3. The van der Waals surface area contributed by atoms with Crippen molar-refractivity contribution < 1.29 is 0 Å². The van der Waals surface area contributed by atoms with Gasteiger partial charge in [-0.25, -0.2) is 0 Å². The van der Waals surface area contributed by atoms with Gasteiger partial charge in [-0.05, 0) is 43.0 Å². The van der Waals surface area contributed by atoms with E-state index in [1.165, 1.54) is 24.0 Å². The Balaban J connectivity index is 2.98. The second kappa shape index (κ2) is 5.59. The highest BCUT2D eigenvalue weighted by Crippen LogP contribution is 2.23. The average molecular weight is 203 g/mol. The molecule has 0 aliphatic carbocycles. The molecule has 82 valence electrons. The van der Waals surface area contributed by atoms with E-state index in [9.17, 15) is 0 Å². The van der Waals surface area contributed by atoms with Gasteiger partial charge < -0.3 is 5.32 Å². The molecule has 0 aliphatic rings. The van der Waals surface area contributed by atoms with Crippen molar-refractivity contribution in [2.75, 3.05) is 12.4 Å². The number of anilines is 1. The molecular weight excluding hydrogens is 182 g/mol. The number of benzene rings is 1. The minimum Gasteiger partial charge on any atom is -0.388 e. The van der Waals surface area contributed by atoms with Gasteiger partial charge in [0.05, 0.1) is 0 Å². The lowest BCUT2D eigenvalue weighted by atomic mass is 9.97. The van der Waals surface area contributed by atoms with Crippen LogP contribution in [0.4, 0.5) is 5.69 Å². The molecule has 0 saturated heterocycles. The Hall–Kier alpha value is -1.24. The summed E-state index contributed by atoms with van der Waals surface area (Å²) in [7, 11) is 1.95. The molecule has 0 bridgehead atoms. The van der Waals surface area contributed by atoms with Gasteiger partial charge in [-0.3, -0.25) is 0 Å². The molecule has 0 atom stereocenters. The fraction of sp³-hybridized carbons (Fsp3) is 0.429. The Morgan fingerprint density at radius 3 is 2.67 bits per heavy atom. The van der Waals surface area contributed by atoms with E-state index in [1.54, 1.807) is 0 Å². The van der Waals surface area contributed by atoms with Gasteiger partial charge in [-0.2, -0.15) is 0 Å². The van der Waals surface area contributed by atoms with Gasteiger partial charge in [0.2, 0.25) is 0 Å². The fourth-order valence-electron chi connectivity index (χ4n) is 1.71. The predicted octanol–water partition coefficient (Wildman–Crippen LogP) is 4.10. The van der Waals surface area contributed by atoms with Crippen molar-refractivity contribution in [1.82, 2.24) is 0 Å². The summed E-state index contributed by atoms with van der Waals surface area (Å²) in [6.07, 6.45) is 3.64. The van der Waals surface area contributed by atoms with Crippen LogP contribution >= 0.6 is 0 Å². The summed E-state index contributed by atoms with van der Waals surface area (Å²) in [6, 6.07) is 6.54. The maximum atomic E-state index is 4.04. The van der Waals surface area contributed by atoms with Crippen LogP contribution in [-0.2, 0) is 6.42 Å². The van der Waals surface area contributed by atoms with Crippen LogP contribution in [-0.4, -0.2) is 7.05 Å². The summed E-state index contributed by atoms with van der Waals surface area (Å²) >= 11 is 0. The smallest absolute Gasteiger partial charge is 0.0343 e. The third-order valence-electron chi connectivity index (χ3n) is 2.66. The van der Waals surface area contributed by atoms with Crippen molar-refractivity contribution in [2.24, 2.45) is 0 Å². The molecule has 0 fully saturated rings. The number of nitrogens with one attached hydrogen (secondary N) is 1. The van der Waals surface area contributed by atoms with E-state index in [1.807, 2.05) is 7.05 Å². The van der Waals surface area contributed by atoms with Gasteiger partial charge in [-0.15, -0.1) is 0 Å². The Kier molecular flexibility index (Phi) is 4.41. The first-order chi connectivity index (χ1) is 7.19. The summed E-state index contributed by atoms with van der Waals surface area (Å²) in [5.41, 5.74) is 5.03. The molecule has 1 N–H and O–H groups in total. The number of hydrogen-bond acceptors (Lipinski definition) is 1. The molecule has 0 amide bonds. The second-order valence-electron chi connectivity index (χ2n) is 4.01. The quantitative estimate of drug-likeness (QED) is 0.759. The van der Waals surface area contributed by atoms with Crippen LogP contribution in [0.15, 0.2) is 24.8 Å². The highest BCUT2D eigenvalue weighted by molar-refractivity contribution is 5.68. The zero-order valence-corrected chi connectivity index (χ0v) is 10.1. The number of allylic oxidation sites excluding steroid dienone is 1. The summed E-state index contributed by atoms with van der Waals surface area (Å²) in [4.78, 5) is 0. The third-order valence-corrected chi connectivity index (χ3v) is 2.66. The normalized spacial score (nSPS) is 10.1. The van der Waals surface area contributed by atoms with Crippen molar-refractivity contribution in [2.45, 2.75) is 33.1 Å². The third kappa shape index (κ3) is 3.12. The van der Waals surface area contributed by atoms with Gasteiger partial charge in [0.1, 0.15) is 0 Å². The van der Waals surface area contributed by atoms with Crippen LogP contribution < -0.4 is 5.32 Å². The Morgan fingerprint density at radius 2 is 2.13 bits per heavy atom. The number of aryl methyl sites for hydroxylation is 1. The van der Waals surface area contributed by atoms with E-state index >= 15 is 0 Å². The minimum absolute atomic E-state index is 1.15. The molecule has 1 rings (SSSR count). The number of unbranched alkanes of at least 4 members (excludes halogenated alkanes) is 1. The van der Waals surface area contributed by atoms with Crippen LogP contribution in [0.1, 0.15) is 37.8 Å². The lowest BCUT2D eigenvalue weighted by Gasteiger charge is -2.11. The molecule has 0 aromatic heterocycles. The highest BCUT2D eigenvalue weighted by Gasteiger charge is 2.03. The van der Waals surface area contributed by atoms with E-state index in [4.69, 9.17) is 0 Å². The van der Waals surface area contributed by atoms with Crippen molar-refractivity contribution in [3.8, 4) is 0 Å². The van der Waals surface area contributed by atoms with Crippen molar-refractivity contribution in [3.05, 3.63) is 35.9 Å². The molecule has 0 unspecified atom stereocenters. The second-order valence-corrected chi connectivity index (χ2v) is 4.01. The van der Waals surface area contributed by atoms with E-state index in [-0.39, 0.29) is 0 Å². The molecule has 1 aromatic rings. The first-order valence-electron chi connectivity index (χ1n) is 5.65. The van der Waals surface area contributed by atoms with Gasteiger partial charge in [-0.1, -0.05) is 31.6 Å². The van der Waals surface area contributed by atoms with Gasteiger partial charge in [0.25, 0.3) is 0 Å². The molecule has 1 heteroatoms. The van der Waals surface area contributed by atoms with E-state index in [0.717, 1.165) is 17.7 Å². The Labute approximate surface area is 93.2 Å². The summed E-state index contributed by atoms with van der Waals surface area (Å²) in [5.74, 6) is 0. The molecule has 0 spiro atoms. The molecule has 1 nitrogen and oxygen atoms in total. The van der Waals surface area contributed by atoms with E-state index < -0.39 is 0 Å². The average Bonchev–Trinajstić information content (AvgIpc) is 2.26. The lowest BCUT2D eigenvalue weighted by Crippen LogP contribution is -1.95. The molecule has 0 heterocycles. The lowest BCUT2D eigenvalue weighted by molar-refractivity contribution is 0.793. The van der Waals surface area contributed by atoms with E-state index in [0.29, 0.717) is 0 Å². The first-order valence-corrected chi connectivity index (χ1v) is 5.65. The maximum absolute atomic E-state index is 4.04. The molecule has 1 aromatic carbocycles. The monoisotopic (exact) mass is 203 g/mol. The molecular formula is C14H21N. The summed E-state index contributed by atoms with van der Waals surface area (Å²) in [6.45, 7) is 8.34. The van der Waals surface area contributed by atoms with Crippen LogP contribution in [0.25, 0.3) is 5.57 Å². The standard InChI is InChI=1S/C14H21N/c1-5-6-7-12-8-9-13(15-4)10-14(12)11(2)3/h8-10,15H,2,5-7H2,1,3-4H3. The molecule has 0 saturated carbocycles. The van der Waals surface area contributed by atoms with E-state index in [2.05, 4.69) is 43.9 Å². The maximum Gasteiger partial charge on any atom is 0.0343 e. The van der Waals surface area contributed by atoms with Crippen molar-refractivity contribution >= 4 is 11.3 Å². The minimum atomic E-state index is 1.15.